The Balaban J connectivity index is 2.53. The number of carboxylic acids is 1. The van der Waals surface area contributed by atoms with E-state index in [1.165, 1.54) is 12.0 Å². The van der Waals surface area contributed by atoms with Gasteiger partial charge < -0.3 is 24.8 Å². The van der Waals surface area contributed by atoms with Gasteiger partial charge in [0.2, 0.25) is 0 Å². The molecule has 2 unspecified atom stereocenters. The number of urea groups is 1. The number of hydrogen-bond donors (Lipinski definition) is 2. The van der Waals surface area contributed by atoms with E-state index >= 15 is 0 Å². The van der Waals surface area contributed by atoms with Gasteiger partial charge in [-0.15, -0.1) is 0 Å². The van der Waals surface area contributed by atoms with Crippen molar-refractivity contribution < 1.29 is 24.2 Å². The van der Waals surface area contributed by atoms with Crippen molar-refractivity contribution in [3.8, 4) is 6.07 Å². The number of carboxylic acid groups (broad SMARTS) is 1. The fraction of sp³-hybridized carbons (Fsp3) is 0.700. The lowest BCUT2D eigenvalue weighted by molar-refractivity contribution is -0.140. The number of rotatable bonds is 4. The van der Waals surface area contributed by atoms with Crippen LogP contribution in [0, 0.1) is 11.3 Å². The first-order chi connectivity index (χ1) is 8.58. The normalized spacial score (nSPS) is 20.9. The van der Waals surface area contributed by atoms with Gasteiger partial charge in [0.1, 0.15) is 0 Å². The van der Waals surface area contributed by atoms with Crippen LogP contribution in [0.15, 0.2) is 0 Å². The Kier molecular flexibility index (Phi) is 5.35. The van der Waals surface area contributed by atoms with Crippen molar-refractivity contribution in [1.29, 1.82) is 5.26 Å². The van der Waals surface area contributed by atoms with Crippen LogP contribution in [0.4, 0.5) is 4.79 Å². The molecule has 0 aliphatic carbocycles. The molecule has 0 bridgehead atoms. The number of carbonyl (C=O) groups is 2. The predicted molar refractivity (Wildman–Crippen MR) is 58.8 cm³/mol. The van der Waals surface area contributed by atoms with Crippen LogP contribution >= 0.6 is 0 Å². The van der Waals surface area contributed by atoms with Gasteiger partial charge >= 0.3 is 12.0 Å². The molecular formula is C10H15N3O5. The van der Waals surface area contributed by atoms with Gasteiger partial charge in [-0.25, -0.2) is 9.59 Å². The summed E-state index contributed by atoms with van der Waals surface area (Å²) in [6, 6.07) is 0.261. The summed E-state index contributed by atoms with van der Waals surface area (Å²) >= 11 is 0. The first-order valence-electron chi connectivity index (χ1n) is 5.37. The van der Waals surface area contributed by atoms with E-state index in [0.717, 1.165) is 0 Å². The van der Waals surface area contributed by atoms with Crippen LogP contribution < -0.4 is 5.32 Å². The maximum atomic E-state index is 11.8. The molecule has 0 aromatic rings. The average Bonchev–Trinajstić information content (AvgIpc) is 2.38. The first kappa shape index (κ1) is 14.2. The zero-order valence-corrected chi connectivity index (χ0v) is 9.96. The zero-order chi connectivity index (χ0) is 13.5. The highest BCUT2D eigenvalue weighted by Crippen LogP contribution is 2.04. The van der Waals surface area contributed by atoms with E-state index < -0.39 is 24.1 Å². The van der Waals surface area contributed by atoms with Gasteiger partial charge in [-0.1, -0.05) is 0 Å². The molecule has 1 saturated heterocycles. The summed E-state index contributed by atoms with van der Waals surface area (Å²) in [5.74, 6) is -1.17. The number of methoxy groups -OCH3 is 1. The second-order valence-corrected chi connectivity index (χ2v) is 3.73. The highest BCUT2D eigenvalue weighted by atomic mass is 16.5. The third-order valence-electron chi connectivity index (χ3n) is 2.43. The second-order valence-electron chi connectivity index (χ2n) is 3.73. The van der Waals surface area contributed by atoms with Crippen molar-refractivity contribution in [2.24, 2.45) is 0 Å². The standard InChI is InChI=1S/C10H15N3O5/c1-17-6-8(9(14)15)12-10(16)13-2-3-18-7(4-11)5-13/h7-8H,2-3,5-6H2,1H3,(H,12,16)(H,14,15). The third-order valence-corrected chi connectivity index (χ3v) is 2.43. The molecule has 0 spiro atoms. The number of morpholine rings is 1. The molecule has 2 N–H and O–H groups in total. The van der Waals surface area contributed by atoms with E-state index in [1.54, 1.807) is 0 Å². The van der Waals surface area contributed by atoms with Crippen LogP contribution in [0.25, 0.3) is 0 Å². The summed E-state index contributed by atoms with van der Waals surface area (Å²) in [6.45, 7) is 0.589. The molecule has 8 heteroatoms. The Morgan fingerprint density at radius 1 is 1.72 bits per heavy atom. The molecule has 0 aromatic carbocycles. The molecule has 0 saturated carbocycles. The van der Waals surface area contributed by atoms with Crippen LogP contribution in [0.5, 0.6) is 0 Å². The van der Waals surface area contributed by atoms with Crippen LogP contribution in [0.2, 0.25) is 0 Å². The van der Waals surface area contributed by atoms with Gasteiger partial charge in [0.05, 0.1) is 25.8 Å². The number of nitrogens with zero attached hydrogens (tertiary/aromatic N) is 2. The van der Waals surface area contributed by atoms with E-state index in [4.69, 9.17) is 19.8 Å². The lowest BCUT2D eigenvalue weighted by Crippen LogP contribution is -2.54. The van der Waals surface area contributed by atoms with E-state index in [0.29, 0.717) is 6.54 Å². The third kappa shape index (κ3) is 3.87. The molecule has 8 nitrogen and oxygen atoms in total. The van der Waals surface area contributed by atoms with E-state index in [9.17, 15) is 9.59 Å². The summed E-state index contributed by atoms with van der Waals surface area (Å²) in [6.07, 6.45) is -0.671. The van der Waals surface area contributed by atoms with Crippen LogP contribution in [0.1, 0.15) is 0 Å². The molecule has 2 amide bonds. The number of nitriles is 1. The molecule has 1 heterocycles. The topological polar surface area (TPSA) is 112 Å². The minimum absolute atomic E-state index is 0.118. The van der Waals surface area contributed by atoms with Crippen molar-refractivity contribution >= 4 is 12.0 Å². The minimum atomic E-state index is -1.17. The van der Waals surface area contributed by atoms with Crippen LogP contribution in [-0.2, 0) is 14.3 Å². The van der Waals surface area contributed by atoms with E-state index in [1.807, 2.05) is 6.07 Å². The van der Waals surface area contributed by atoms with Gasteiger partial charge in [-0.05, 0) is 0 Å². The Labute approximate surface area is 104 Å². The molecule has 100 valence electrons. The Bertz CT molecular complexity index is 354. The summed E-state index contributed by atoms with van der Waals surface area (Å²) in [5, 5.41) is 19.9. The van der Waals surface area contributed by atoms with E-state index in [2.05, 4.69) is 5.32 Å². The maximum absolute atomic E-state index is 11.8. The minimum Gasteiger partial charge on any atom is -0.480 e. The van der Waals surface area contributed by atoms with Gasteiger partial charge in [-0.3, -0.25) is 0 Å². The van der Waals surface area contributed by atoms with Crippen molar-refractivity contribution in [1.82, 2.24) is 10.2 Å². The molecule has 18 heavy (non-hydrogen) atoms. The highest BCUT2D eigenvalue weighted by molar-refractivity contribution is 5.82. The second kappa shape index (κ2) is 6.78. The molecule has 1 aliphatic rings. The molecule has 2 atom stereocenters. The van der Waals surface area contributed by atoms with E-state index in [-0.39, 0.29) is 19.8 Å². The van der Waals surface area contributed by atoms with Gasteiger partial charge in [-0.2, -0.15) is 5.26 Å². The summed E-state index contributed by atoms with van der Waals surface area (Å²) in [7, 11) is 1.35. The van der Waals surface area contributed by atoms with Crippen molar-refractivity contribution in [2.45, 2.75) is 12.1 Å². The monoisotopic (exact) mass is 257 g/mol. The summed E-state index contributed by atoms with van der Waals surface area (Å²) in [4.78, 5) is 24.0. The van der Waals surface area contributed by atoms with Gasteiger partial charge in [0.15, 0.2) is 12.1 Å². The van der Waals surface area contributed by atoms with Gasteiger partial charge in [0.25, 0.3) is 0 Å². The fourth-order valence-electron chi connectivity index (χ4n) is 1.49. The predicted octanol–water partition coefficient (Wildman–Crippen LogP) is -0.980. The quantitative estimate of drug-likeness (QED) is 0.669. The van der Waals surface area contributed by atoms with Gasteiger partial charge in [0, 0.05) is 13.7 Å². The van der Waals surface area contributed by atoms with Crippen molar-refractivity contribution in [3.05, 3.63) is 0 Å². The van der Waals surface area contributed by atoms with Crippen LogP contribution in [-0.4, -0.2) is 67.6 Å². The average molecular weight is 257 g/mol. The van der Waals surface area contributed by atoms with Crippen molar-refractivity contribution in [3.63, 3.8) is 0 Å². The largest absolute Gasteiger partial charge is 0.480 e. The lowest BCUT2D eigenvalue weighted by Gasteiger charge is -2.30. The Morgan fingerprint density at radius 3 is 3.00 bits per heavy atom. The highest BCUT2D eigenvalue weighted by Gasteiger charge is 2.27. The lowest BCUT2D eigenvalue weighted by atomic mass is 10.3. The number of amides is 2. The maximum Gasteiger partial charge on any atom is 0.328 e. The smallest absolute Gasteiger partial charge is 0.328 e. The molecular weight excluding hydrogens is 242 g/mol. The molecule has 0 radical (unpaired) electrons. The first-order valence-corrected chi connectivity index (χ1v) is 5.37. The number of nitrogens with one attached hydrogen (secondary N) is 1. The number of aliphatic carboxylic acids is 1. The molecule has 1 aliphatic heterocycles. The number of ether oxygens (including phenoxy) is 2. The summed E-state index contributed by atoms with van der Waals surface area (Å²) < 4.78 is 9.79. The Hall–Kier alpha value is -1.85. The number of hydrogen-bond acceptors (Lipinski definition) is 5. The van der Waals surface area contributed by atoms with Crippen molar-refractivity contribution in [2.75, 3.05) is 33.4 Å². The summed E-state index contributed by atoms with van der Waals surface area (Å²) in [5.41, 5.74) is 0. The SMILES string of the molecule is COCC(NC(=O)N1CCOC(C#N)C1)C(=O)O. The molecule has 0 aromatic heterocycles. The number of carbonyl (C=O) groups excluding carboxylic acids is 1. The van der Waals surface area contributed by atoms with Crippen LogP contribution in [0.3, 0.4) is 0 Å². The Morgan fingerprint density at radius 2 is 2.44 bits per heavy atom. The fourth-order valence-corrected chi connectivity index (χ4v) is 1.49. The zero-order valence-electron chi connectivity index (χ0n) is 9.96. The molecule has 1 fully saturated rings. The molecule has 1 rings (SSSR count).